The first-order chi connectivity index (χ1) is 8.48. The van der Waals surface area contributed by atoms with Crippen molar-refractivity contribution in [1.29, 1.82) is 0 Å². The van der Waals surface area contributed by atoms with Gasteiger partial charge in [0, 0.05) is 5.39 Å². The van der Waals surface area contributed by atoms with Crippen LogP contribution in [0.4, 0.5) is 5.69 Å². The maximum atomic E-state index is 11.4. The van der Waals surface area contributed by atoms with Gasteiger partial charge >= 0.3 is 0 Å². The van der Waals surface area contributed by atoms with E-state index in [1.54, 1.807) is 30.3 Å². The first-order valence-electron chi connectivity index (χ1n) is 5.15. The Morgan fingerprint density at radius 1 is 1.06 bits per heavy atom. The summed E-state index contributed by atoms with van der Waals surface area (Å²) in [4.78, 5) is -0.301. The van der Waals surface area contributed by atoms with E-state index in [0.29, 0.717) is 21.9 Å². The molecule has 0 bridgehead atoms. The van der Waals surface area contributed by atoms with Gasteiger partial charge in [-0.25, -0.2) is 0 Å². The highest BCUT2D eigenvalue weighted by atomic mass is 32.2. The van der Waals surface area contributed by atoms with Crippen molar-refractivity contribution in [1.82, 2.24) is 0 Å². The Bertz CT molecular complexity index is 864. The summed E-state index contributed by atoms with van der Waals surface area (Å²) in [5, 5.41) is 0.917. The normalized spacial score (nSPS) is 12.3. The van der Waals surface area contributed by atoms with E-state index in [1.807, 2.05) is 0 Å². The van der Waals surface area contributed by atoms with Crippen molar-refractivity contribution in [3.8, 4) is 0 Å². The Morgan fingerprint density at radius 3 is 2.50 bits per heavy atom. The summed E-state index contributed by atoms with van der Waals surface area (Å²) < 4.78 is 37.7. The van der Waals surface area contributed by atoms with Gasteiger partial charge in [0.2, 0.25) is 0 Å². The highest BCUT2D eigenvalue weighted by molar-refractivity contribution is 7.86. The Morgan fingerprint density at radius 2 is 1.78 bits per heavy atom. The standard InChI is InChI=1S/C12H9NO4S/c13-8-5-6-10-11(12(8)18(14,15)16)7-3-1-2-4-9(7)17-10/h1-6H,13H2,(H,14,15,16). The fourth-order valence-electron chi connectivity index (χ4n) is 2.08. The molecule has 18 heavy (non-hydrogen) atoms. The van der Waals surface area contributed by atoms with Crippen LogP contribution in [-0.4, -0.2) is 13.0 Å². The molecule has 92 valence electrons. The fourth-order valence-corrected chi connectivity index (χ4v) is 2.91. The molecule has 6 heteroatoms. The average molecular weight is 263 g/mol. The first-order valence-corrected chi connectivity index (χ1v) is 6.60. The van der Waals surface area contributed by atoms with Crippen LogP contribution < -0.4 is 5.73 Å². The minimum Gasteiger partial charge on any atom is -0.456 e. The van der Waals surface area contributed by atoms with Gasteiger partial charge in [0.05, 0.1) is 11.1 Å². The highest BCUT2D eigenvalue weighted by Crippen LogP contribution is 2.36. The third-order valence-corrected chi connectivity index (χ3v) is 3.74. The van der Waals surface area contributed by atoms with Crippen LogP contribution in [0.25, 0.3) is 21.9 Å². The summed E-state index contributed by atoms with van der Waals surface area (Å²) in [6.07, 6.45) is 0. The number of hydrogen-bond acceptors (Lipinski definition) is 4. The number of fused-ring (bicyclic) bond motifs is 3. The number of benzene rings is 2. The van der Waals surface area contributed by atoms with Gasteiger partial charge in [0.25, 0.3) is 10.1 Å². The van der Waals surface area contributed by atoms with Gasteiger partial charge in [-0.15, -0.1) is 0 Å². The molecule has 0 spiro atoms. The minimum atomic E-state index is -4.41. The topological polar surface area (TPSA) is 93.5 Å². The van der Waals surface area contributed by atoms with E-state index in [-0.39, 0.29) is 10.6 Å². The minimum absolute atomic E-state index is 0.00319. The number of rotatable bonds is 1. The summed E-state index contributed by atoms with van der Waals surface area (Å²) in [6, 6.07) is 9.96. The third kappa shape index (κ3) is 1.47. The average Bonchev–Trinajstić information content (AvgIpc) is 2.66. The van der Waals surface area contributed by atoms with E-state index in [1.165, 1.54) is 6.07 Å². The third-order valence-electron chi connectivity index (χ3n) is 2.78. The molecule has 0 unspecified atom stereocenters. The molecule has 1 aromatic heterocycles. The van der Waals surface area contributed by atoms with Crippen molar-refractivity contribution >= 4 is 37.7 Å². The molecule has 3 rings (SSSR count). The van der Waals surface area contributed by atoms with Gasteiger partial charge in [0.1, 0.15) is 16.1 Å². The summed E-state index contributed by atoms with van der Waals surface area (Å²) in [5.74, 6) is 0. The van der Waals surface area contributed by atoms with Crippen LogP contribution in [-0.2, 0) is 10.1 Å². The molecule has 0 aliphatic rings. The quantitative estimate of drug-likeness (QED) is 0.519. The molecular weight excluding hydrogens is 254 g/mol. The van der Waals surface area contributed by atoms with Crippen LogP contribution in [0.5, 0.6) is 0 Å². The molecule has 0 fully saturated rings. The van der Waals surface area contributed by atoms with Gasteiger partial charge in [-0.3, -0.25) is 4.55 Å². The predicted octanol–water partition coefficient (Wildman–Crippen LogP) is 2.41. The van der Waals surface area contributed by atoms with Crippen molar-refractivity contribution < 1.29 is 17.4 Å². The highest BCUT2D eigenvalue weighted by Gasteiger charge is 2.22. The number of para-hydroxylation sites is 1. The lowest BCUT2D eigenvalue weighted by Gasteiger charge is -2.03. The molecule has 3 aromatic rings. The lowest BCUT2D eigenvalue weighted by atomic mass is 10.1. The second-order valence-electron chi connectivity index (χ2n) is 3.93. The van der Waals surface area contributed by atoms with Crippen molar-refractivity contribution in [2.75, 3.05) is 5.73 Å². The van der Waals surface area contributed by atoms with E-state index in [2.05, 4.69) is 0 Å². The van der Waals surface area contributed by atoms with Gasteiger partial charge in [-0.05, 0) is 18.2 Å². The first kappa shape index (κ1) is 11.1. The number of hydrogen-bond donors (Lipinski definition) is 2. The molecule has 3 N–H and O–H groups in total. The SMILES string of the molecule is Nc1ccc2oc3ccccc3c2c1S(=O)(=O)O. The van der Waals surface area contributed by atoms with Crippen LogP contribution in [0.3, 0.4) is 0 Å². The zero-order valence-electron chi connectivity index (χ0n) is 9.12. The lowest BCUT2D eigenvalue weighted by Crippen LogP contribution is -2.03. The second-order valence-corrected chi connectivity index (χ2v) is 5.29. The molecule has 2 aromatic carbocycles. The van der Waals surface area contributed by atoms with Crippen molar-refractivity contribution in [3.05, 3.63) is 36.4 Å². The molecule has 0 radical (unpaired) electrons. The van der Waals surface area contributed by atoms with Crippen LogP contribution in [0, 0.1) is 0 Å². The lowest BCUT2D eigenvalue weighted by molar-refractivity contribution is 0.484. The van der Waals surface area contributed by atoms with E-state index < -0.39 is 10.1 Å². The van der Waals surface area contributed by atoms with E-state index >= 15 is 0 Å². The molecule has 0 saturated carbocycles. The Hall–Kier alpha value is -2.05. The molecular formula is C12H9NO4S. The van der Waals surface area contributed by atoms with Crippen LogP contribution >= 0.6 is 0 Å². The fraction of sp³-hybridized carbons (Fsp3) is 0. The van der Waals surface area contributed by atoms with Crippen molar-refractivity contribution in [3.63, 3.8) is 0 Å². The number of furan rings is 1. The van der Waals surface area contributed by atoms with E-state index in [0.717, 1.165) is 0 Å². The van der Waals surface area contributed by atoms with Gasteiger partial charge in [-0.2, -0.15) is 8.42 Å². The molecule has 5 nitrogen and oxygen atoms in total. The molecule has 0 aliphatic carbocycles. The number of anilines is 1. The zero-order valence-corrected chi connectivity index (χ0v) is 9.94. The van der Waals surface area contributed by atoms with Crippen molar-refractivity contribution in [2.45, 2.75) is 4.90 Å². The van der Waals surface area contributed by atoms with E-state index in [9.17, 15) is 13.0 Å². The smallest absolute Gasteiger partial charge is 0.297 e. The Kier molecular flexibility index (Phi) is 2.13. The van der Waals surface area contributed by atoms with Crippen LogP contribution in [0.1, 0.15) is 0 Å². The Labute approximate surface area is 103 Å². The maximum Gasteiger partial charge on any atom is 0.297 e. The molecule has 0 amide bonds. The number of nitrogen functional groups attached to an aromatic ring is 1. The summed E-state index contributed by atoms with van der Waals surface area (Å²) in [5.41, 5.74) is 6.56. The second kappa shape index (κ2) is 3.47. The van der Waals surface area contributed by atoms with Gasteiger partial charge in [-0.1, -0.05) is 18.2 Å². The predicted molar refractivity (Wildman–Crippen MR) is 67.9 cm³/mol. The molecule has 0 saturated heterocycles. The summed E-state index contributed by atoms with van der Waals surface area (Å²) in [7, 11) is -4.41. The van der Waals surface area contributed by atoms with Gasteiger partial charge < -0.3 is 10.2 Å². The zero-order chi connectivity index (χ0) is 12.9. The summed E-state index contributed by atoms with van der Waals surface area (Å²) >= 11 is 0. The van der Waals surface area contributed by atoms with Crippen LogP contribution in [0.2, 0.25) is 0 Å². The summed E-state index contributed by atoms with van der Waals surface area (Å²) in [6.45, 7) is 0. The largest absolute Gasteiger partial charge is 0.456 e. The molecule has 0 aliphatic heterocycles. The van der Waals surface area contributed by atoms with Crippen molar-refractivity contribution in [2.24, 2.45) is 0 Å². The monoisotopic (exact) mass is 263 g/mol. The van der Waals surface area contributed by atoms with E-state index in [4.69, 9.17) is 10.2 Å². The maximum absolute atomic E-state index is 11.4. The molecule has 1 heterocycles. The molecule has 0 atom stereocenters. The van der Waals surface area contributed by atoms with Crippen LogP contribution in [0.15, 0.2) is 45.7 Å². The Balaban J connectivity index is 2.65. The number of nitrogens with two attached hydrogens (primary N) is 1. The van der Waals surface area contributed by atoms with Gasteiger partial charge in [0.15, 0.2) is 0 Å².